The molecular weight excluding hydrogens is 406 g/mol. The maximum atomic E-state index is 6.54. The zero-order valence-electron chi connectivity index (χ0n) is 20.4. The van der Waals surface area contributed by atoms with Crippen LogP contribution >= 0.6 is 0 Å². The van der Waals surface area contributed by atoms with Crippen LogP contribution in [-0.4, -0.2) is 11.8 Å². The van der Waals surface area contributed by atoms with Gasteiger partial charge in [-0.1, -0.05) is 45.0 Å². The summed E-state index contributed by atoms with van der Waals surface area (Å²) in [7, 11) is 0. The molecule has 1 aliphatic carbocycles. The molecule has 0 fully saturated rings. The third-order valence-corrected chi connectivity index (χ3v) is 6.85. The second-order valence-electron chi connectivity index (χ2n) is 9.97. The second kappa shape index (κ2) is 8.37. The van der Waals surface area contributed by atoms with Crippen LogP contribution in [0, 0.1) is 0 Å². The first-order chi connectivity index (χ1) is 15.9. The van der Waals surface area contributed by atoms with Gasteiger partial charge in [-0.3, -0.25) is 4.99 Å². The van der Waals surface area contributed by atoms with E-state index in [0.29, 0.717) is 0 Å². The van der Waals surface area contributed by atoms with Crippen molar-refractivity contribution >= 4 is 17.5 Å². The number of para-hydroxylation sites is 1. The van der Waals surface area contributed by atoms with Gasteiger partial charge in [0.1, 0.15) is 17.3 Å². The molecular formula is C30H33NO2. The van der Waals surface area contributed by atoms with Crippen molar-refractivity contribution in [2.75, 3.05) is 0 Å². The molecule has 0 spiro atoms. The van der Waals surface area contributed by atoms with Gasteiger partial charge in [0.25, 0.3) is 0 Å². The quantitative estimate of drug-likeness (QED) is 0.474. The summed E-state index contributed by atoms with van der Waals surface area (Å²) in [6.45, 7) is 10.8. The monoisotopic (exact) mass is 439 g/mol. The minimum Gasteiger partial charge on any atom is -0.491 e. The van der Waals surface area contributed by atoms with Gasteiger partial charge in [0.15, 0.2) is 0 Å². The maximum absolute atomic E-state index is 6.54. The highest BCUT2D eigenvalue weighted by molar-refractivity contribution is 6.08. The van der Waals surface area contributed by atoms with E-state index in [-0.39, 0.29) is 11.5 Å². The molecule has 3 heteroatoms. The average molecular weight is 440 g/mol. The molecule has 2 aliphatic heterocycles. The number of aliphatic imine (C=N–C) groups is 1. The normalized spacial score (nSPS) is 18.5. The van der Waals surface area contributed by atoms with E-state index in [9.17, 15) is 0 Å². The number of aryl methyl sites for hydroxylation is 1. The predicted molar refractivity (Wildman–Crippen MR) is 137 cm³/mol. The molecule has 170 valence electrons. The Morgan fingerprint density at radius 2 is 1.94 bits per heavy atom. The van der Waals surface area contributed by atoms with Crippen molar-refractivity contribution in [2.45, 2.75) is 71.8 Å². The number of allylic oxidation sites excluding steroid dienone is 4. The SMILES string of the molecule is CCc1cc2c(cc1OC(C)C)OC1=C(/C=C/C3=Nc4ccccc4C3(C)C)CCCC1=C2. The minimum absolute atomic E-state index is 0.0919. The second-order valence-corrected chi connectivity index (χ2v) is 9.97. The fourth-order valence-corrected chi connectivity index (χ4v) is 5.03. The van der Waals surface area contributed by atoms with E-state index in [1.807, 2.05) is 0 Å². The smallest absolute Gasteiger partial charge is 0.138 e. The lowest BCUT2D eigenvalue weighted by Gasteiger charge is -2.28. The molecule has 0 unspecified atom stereocenters. The topological polar surface area (TPSA) is 30.8 Å². The number of hydrogen-bond donors (Lipinski definition) is 0. The van der Waals surface area contributed by atoms with Gasteiger partial charge >= 0.3 is 0 Å². The highest BCUT2D eigenvalue weighted by atomic mass is 16.5. The van der Waals surface area contributed by atoms with Crippen LogP contribution in [0.3, 0.4) is 0 Å². The minimum atomic E-state index is -0.0919. The Bertz CT molecular complexity index is 1220. The van der Waals surface area contributed by atoms with E-state index in [2.05, 4.69) is 89.2 Å². The molecule has 2 aromatic carbocycles. The molecule has 0 radical (unpaired) electrons. The Labute approximate surface area is 197 Å². The molecule has 0 saturated carbocycles. The van der Waals surface area contributed by atoms with Crippen LogP contribution in [-0.2, 0) is 11.8 Å². The van der Waals surface area contributed by atoms with E-state index < -0.39 is 0 Å². The van der Waals surface area contributed by atoms with Crippen molar-refractivity contribution in [2.24, 2.45) is 4.99 Å². The molecule has 2 aromatic rings. The maximum Gasteiger partial charge on any atom is 0.138 e. The standard InChI is InChI=1S/C30H33NO2/c1-6-20-16-23-17-22-11-9-10-21(29(22)33-27(23)18-26(20)32-19(2)3)14-15-28-30(4,5)24-12-7-8-13-25(24)31-28/h7-8,12-19H,6,9-11H2,1-5H3/b15-14+. The summed E-state index contributed by atoms with van der Waals surface area (Å²) in [6, 6.07) is 12.7. The Kier molecular flexibility index (Phi) is 5.52. The predicted octanol–water partition coefficient (Wildman–Crippen LogP) is 7.87. The molecule has 0 aromatic heterocycles. The van der Waals surface area contributed by atoms with E-state index in [1.54, 1.807) is 0 Å². The van der Waals surface area contributed by atoms with Crippen LogP contribution in [0.2, 0.25) is 0 Å². The van der Waals surface area contributed by atoms with E-state index in [1.165, 1.54) is 22.3 Å². The number of rotatable bonds is 5. The van der Waals surface area contributed by atoms with Gasteiger partial charge < -0.3 is 9.47 Å². The summed E-state index contributed by atoms with van der Waals surface area (Å²) < 4.78 is 12.6. The summed E-state index contributed by atoms with van der Waals surface area (Å²) in [4.78, 5) is 4.92. The summed E-state index contributed by atoms with van der Waals surface area (Å²) in [5.74, 6) is 2.83. The number of benzene rings is 2. The highest BCUT2D eigenvalue weighted by Gasteiger charge is 2.33. The molecule has 5 rings (SSSR count). The summed E-state index contributed by atoms with van der Waals surface area (Å²) in [5.41, 5.74) is 8.31. The molecule has 3 nitrogen and oxygen atoms in total. The molecule has 33 heavy (non-hydrogen) atoms. The Morgan fingerprint density at radius 1 is 1.12 bits per heavy atom. The van der Waals surface area contributed by atoms with Crippen LogP contribution < -0.4 is 9.47 Å². The van der Waals surface area contributed by atoms with Crippen LogP contribution in [0.5, 0.6) is 11.5 Å². The molecule has 0 saturated heterocycles. The fraction of sp³-hybridized carbons (Fsp3) is 0.367. The first kappa shape index (κ1) is 21.8. The zero-order chi connectivity index (χ0) is 23.2. The van der Waals surface area contributed by atoms with Gasteiger partial charge in [0, 0.05) is 17.0 Å². The van der Waals surface area contributed by atoms with Crippen molar-refractivity contribution in [3.8, 4) is 11.5 Å². The van der Waals surface area contributed by atoms with Gasteiger partial charge in [-0.15, -0.1) is 0 Å². The first-order valence-corrected chi connectivity index (χ1v) is 12.2. The summed E-state index contributed by atoms with van der Waals surface area (Å²) in [6.07, 6.45) is 11.0. The van der Waals surface area contributed by atoms with E-state index in [4.69, 9.17) is 14.5 Å². The van der Waals surface area contributed by atoms with Gasteiger partial charge in [0.2, 0.25) is 0 Å². The molecule has 0 bridgehead atoms. The van der Waals surface area contributed by atoms with E-state index >= 15 is 0 Å². The molecule has 0 atom stereocenters. The third-order valence-electron chi connectivity index (χ3n) is 6.85. The highest BCUT2D eigenvalue weighted by Crippen LogP contribution is 2.43. The van der Waals surface area contributed by atoms with Gasteiger partial charge in [-0.25, -0.2) is 0 Å². The van der Waals surface area contributed by atoms with Crippen LogP contribution in [0.15, 0.2) is 70.4 Å². The van der Waals surface area contributed by atoms with Crippen molar-refractivity contribution in [1.82, 2.24) is 0 Å². The fourth-order valence-electron chi connectivity index (χ4n) is 5.03. The lowest BCUT2D eigenvalue weighted by atomic mass is 9.81. The lowest BCUT2D eigenvalue weighted by molar-refractivity contribution is 0.239. The largest absolute Gasteiger partial charge is 0.491 e. The number of fused-ring (bicyclic) bond motifs is 3. The van der Waals surface area contributed by atoms with Gasteiger partial charge in [-0.05, 0) is 86.1 Å². The van der Waals surface area contributed by atoms with E-state index in [0.717, 1.165) is 59.9 Å². The molecule has 2 heterocycles. The van der Waals surface area contributed by atoms with Crippen molar-refractivity contribution in [3.63, 3.8) is 0 Å². The van der Waals surface area contributed by atoms with Gasteiger partial charge in [0.05, 0.1) is 17.5 Å². The zero-order valence-corrected chi connectivity index (χ0v) is 20.4. The third kappa shape index (κ3) is 3.94. The molecule has 0 amide bonds. The Balaban J connectivity index is 1.49. The number of hydrogen-bond acceptors (Lipinski definition) is 3. The molecule has 0 N–H and O–H groups in total. The lowest BCUT2D eigenvalue weighted by Crippen LogP contribution is -2.23. The first-order valence-electron chi connectivity index (χ1n) is 12.2. The average Bonchev–Trinajstić information content (AvgIpc) is 3.05. The number of ether oxygens (including phenoxy) is 2. The van der Waals surface area contributed by atoms with Crippen LogP contribution in [0.25, 0.3) is 6.08 Å². The summed E-state index contributed by atoms with van der Waals surface area (Å²) in [5, 5.41) is 0. The Morgan fingerprint density at radius 3 is 2.70 bits per heavy atom. The number of nitrogens with zero attached hydrogens (tertiary/aromatic N) is 1. The van der Waals surface area contributed by atoms with Crippen LogP contribution in [0.1, 0.15) is 70.6 Å². The van der Waals surface area contributed by atoms with Crippen molar-refractivity contribution in [3.05, 3.63) is 82.1 Å². The Hall–Kier alpha value is -3.07. The van der Waals surface area contributed by atoms with Crippen LogP contribution in [0.4, 0.5) is 5.69 Å². The van der Waals surface area contributed by atoms with Crippen molar-refractivity contribution < 1.29 is 9.47 Å². The van der Waals surface area contributed by atoms with Crippen molar-refractivity contribution in [1.29, 1.82) is 0 Å². The molecule has 3 aliphatic rings. The summed E-state index contributed by atoms with van der Waals surface area (Å²) >= 11 is 0. The van der Waals surface area contributed by atoms with Gasteiger partial charge in [-0.2, -0.15) is 0 Å².